The van der Waals surface area contributed by atoms with Crippen LogP contribution in [0.2, 0.25) is 0 Å². The van der Waals surface area contributed by atoms with Crippen molar-refractivity contribution in [2.75, 3.05) is 0 Å². The van der Waals surface area contributed by atoms with Crippen molar-refractivity contribution >= 4 is 11.9 Å². The van der Waals surface area contributed by atoms with E-state index in [1.807, 2.05) is 0 Å². The van der Waals surface area contributed by atoms with Gasteiger partial charge in [-0.25, -0.2) is 4.39 Å². The average Bonchev–Trinajstić information content (AvgIpc) is 2.81. The minimum atomic E-state index is -0.811. The lowest BCUT2D eigenvalue weighted by Crippen LogP contribution is -2.33. The molecule has 0 unspecified atom stereocenters. The summed E-state index contributed by atoms with van der Waals surface area (Å²) < 4.78 is 13.1. The van der Waals surface area contributed by atoms with Crippen molar-refractivity contribution < 1.29 is 19.1 Å². The molecule has 1 saturated carbocycles. The number of carboxylic acids is 1. The van der Waals surface area contributed by atoms with E-state index in [4.69, 9.17) is 5.11 Å². The summed E-state index contributed by atoms with van der Waals surface area (Å²) in [6.45, 7) is 1.60. The molecule has 1 aliphatic carbocycles. The van der Waals surface area contributed by atoms with Crippen molar-refractivity contribution in [1.82, 2.24) is 5.32 Å². The Labute approximate surface area is 110 Å². The van der Waals surface area contributed by atoms with Crippen LogP contribution in [0.5, 0.6) is 0 Å². The van der Waals surface area contributed by atoms with Gasteiger partial charge in [-0.1, -0.05) is 0 Å². The van der Waals surface area contributed by atoms with E-state index in [-0.39, 0.29) is 23.7 Å². The van der Waals surface area contributed by atoms with Gasteiger partial charge in [0.15, 0.2) is 0 Å². The number of aryl methyl sites for hydroxylation is 1. The molecule has 1 aliphatic rings. The summed E-state index contributed by atoms with van der Waals surface area (Å²) in [4.78, 5) is 22.8. The fourth-order valence-corrected chi connectivity index (χ4v) is 2.39. The molecule has 4 nitrogen and oxygen atoms in total. The van der Waals surface area contributed by atoms with Crippen molar-refractivity contribution in [3.8, 4) is 0 Å². The Hall–Kier alpha value is -1.91. The highest BCUT2D eigenvalue weighted by atomic mass is 19.1. The average molecular weight is 265 g/mol. The van der Waals surface area contributed by atoms with Crippen LogP contribution in [0.15, 0.2) is 18.2 Å². The second kappa shape index (κ2) is 5.38. The van der Waals surface area contributed by atoms with Crippen LogP contribution in [0, 0.1) is 18.7 Å². The fourth-order valence-electron chi connectivity index (χ4n) is 2.39. The van der Waals surface area contributed by atoms with Gasteiger partial charge in [-0.2, -0.15) is 0 Å². The molecule has 0 radical (unpaired) electrons. The van der Waals surface area contributed by atoms with Gasteiger partial charge >= 0.3 is 5.97 Å². The highest BCUT2D eigenvalue weighted by molar-refractivity contribution is 5.94. The number of amides is 1. The Morgan fingerprint density at radius 2 is 2.11 bits per heavy atom. The number of carbonyl (C=O) groups excluding carboxylic acids is 1. The molecule has 102 valence electrons. The van der Waals surface area contributed by atoms with Gasteiger partial charge in [-0.3, -0.25) is 9.59 Å². The molecule has 2 atom stereocenters. The van der Waals surface area contributed by atoms with Crippen LogP contribution in [-0.2, 0) is 4.79 Å². The minimum absolute atomic E-state index is 0.112. The Kier molecular flexibility index (Phi) is 3.83. The number of benzene rings is 1. The summed E-state index contributed by atoms with van der Waals surface area (Å²) in [5.41, 5.74) is 0.820. The summed E-state index contributed by atoms with van der Waals surface area (Å²) >= 11 is 0. The SMILES string of the molecule is Cc1cc(C(=O)N[C@@H]2CC[C@@H](C(=O)O)C2)ccc1F. The van der Waals surface area contributed by atoms with Crippen molar-refractivity contribution in [1.29, 1.82) is 0 Å². The van der Waals surface area contributed by atoms with Gasteiger partial charge in [0.1, 0.15) is 5.82 Å². The highest BCUT2D eigenvalue weighted by Gasteiger charge is 2.30. The predicted molar refractivity (Wildman–Crippen MR) is 67.4 cm³/mol. The Morgan fingerprint density at radius 3 is 2.68 bits per heavy atom. The summed E-state index contributed by atoms with van der Waals surface area (Å²) in [5, 5.41) is 11.7. The number of carboxylic acid groups (broad SMARTS) is 1. The summed E-state index contributed by atoms with van der Waals surface area (Å²) in [5.74, 6) is -1.81. The van der Waals surface area contributed by atoms with Gasteiger partial charge in [-0.15, -0.1) is 0 Å². The molecule has 0 bridgehead atoms. The molecule has 2 rings (SSSR count). The minimum Gasteiger partial charge on any atom is -0.481 e. The smallest absolute Gasteiger partial charge is 0.306 e. The van der Waals surface area contributed by atoms with Gasteiger partial charge in [0.25, 0.3) is 5.91 Å². The van der Waals surface area contributed by atoms with Crippen molar-refractivity contribution in [2.45, 2.75) is 32.2 Å². The number of nitrogens with one attached hydrogen (secondary N) is 1. The Bertz CT molecular complexity index is 515. The zero-order chi connectivity index (χ0) is 14.0. The van der Waals surface area contributed by atoms with Crippen molar-refractivity contribution in [2.24, 2.45) is 5.92 Å². The van der Waals surface area contributed by atoms with Gasteiger partial charge in [-0.05, 0) is 49.9 Å². The van der Waals surface area contributed by atoms with E-state index in [2.05, 4.69) is 5.32 Å². The molecule has 1 amide bonds. The molecule has 0 aromatic heterocycles. The lowest BCUT2D eigenvalue weighted by Gasteiger charge is -2.12. The zero-order valence-corrected chi connectivity index (χ0v) is 10.6. The molecule has 5 heteroatoms. The normalized spacial score (nSPS) is 22.2. The van der Waals surface area contributed by atoms with Crippen molar-refractivity contribution in [3.05, 3.63) is 35.1 Å². The largest absolute Gasteiger partial charge is 0.481 e. The standard InChI is InChI=1S/C14H16FNO3/c1-8-6-9(3-5-12(8)15)13(17)16-11-4-2-10(7-11)14(18)19/h3,5-6,10-11H,2,4,7H2,1H3,(H,16,17)(H,18,19)/t10-,11-/m1/s1. The molecule has 0 saturated heterocycles. The fraction of sp³-hybridized carbons (Fsp3) is 0.429. The maximum absolute atomic E-state index is 13.1. The topological polar surface area (TPSA) is 66.4 Å². The van der Waals surface area contributed by atoms with E-state index in [1.54, 1.807) is 6.92 Å². The zero-order valence-electron chi connectivity index (χ0n) is 10.6. The van der Waals surface area contributed by atoms with Crippen LogP contribution >= 0.6 is 0 Å². The number of hydrogen-bond acceptors (Lipinski definition) is 2. The van der Waals surface area contributed by atoms with E-state index in [9.17, 15) is 14.0 Å². The summed E-state index contributed by atoms with van der Waals surface area (Å²) in [7, 11) is 0. The van der Waals surface area contributed by atoms with Crippen LogP contribution in [0.4, 0.5) is 4.39 Å². The van der Waals surface area contributed by atoms with Gasteiger partial charge in [0.2, 0.25) is 0 Å². The summed E-state index contributed by atoms with van der Waals surface area (Å²) in [6.07, 6.45) is 1.72. The molecular weight excluding hydrogens is 249 g/mol. The second-order valence-electron chi connectivity index (χ2n) is 4.98. The van der Waals surface area contributed by atoms with Crippen LogP contribution < -0.4 is 5.32 Å². The van der Waals surface area contributed by atoms with Crippen LogP contribution in [0.1, 0.15) is 35.2 Å². The molecule has 0 spiro atoms. The Morgan fingerprint density at radius 1 is 1.37 bits per heavy atom. The van der Waals surface area contributed by atoms with Crippen LogP contribution in [-0.4, -0.2) is 23.0 Å². The molecule has 1 fully saturated rings. The third-order valence-corrected chi connectivity index (χ3v) is 3.54. The molecule has 2 N–H and O–H groups in total. The maximum atomic E-state index is 13.1. The van der Waals surface area contributed by atoms with Crippen LogP contribution in [0.25, 0.3) is 0 Å². The van der Waals surface area contributed by atoms with E-state index >= 15 is 0 Å². The first-order valence-corrected chi connectivity index (χ1v) is 6.27. The third kappa shape index (κ3) is 3.10. The maximum Gasteiger partial charge on any atom is 0.306 e. The number of rotatable bonds is 3. The molecule has 1 aromatic rings. The Balaban J connectivity index is 1.98. The molecule has 19 heavy (non-hydrogen) atoms. The van der Waals surface area contributed by atoms with Gasteiger partial charge in [0, 0.05) is 11.6 Å². The first kappa shape index (κ1) is 13.5. The number of hydrogen-bond donors (Lipinski definition) is 2. The lowest BCUT2D eigenvalue weighted by atomic mass is 10.1. The van der Waals surface area contributed by atoms with E-state index in [1.165, 1.54) is 18.2 Å². The molecule has 1 aromatic carbocycles. The van der Waals surface area contributed by atoms with Gasteiger partial charge in [0.05, 0.1) is 5.92 Å². The third-order valence-electron chi connectivity index (χ3n) is 3.54. The van der Waals surface area contributed by atoms with Crippen LogP contribution in [0.3, 0.4) is 0 Å². The van der Waals surface area contributed by atoms with E-state index < -0.39 is 5.97 Å². The molecular formula is C14H16FNO3. The molecule has 0 heterocycles. The number of aliphatic carboxylic acids is 1. The molecule has 0 aliphatic heterocycles. The first-order chi connectivity index (χ1) is 8.97. The first-order valence-electron chi connectivity index (χ1n) is 6.27. The summed E-state index contributed by atoms with van der Waals surface area (Å²) in [6, 6.07) is 4.08. The quantitative estimate of drug-likeness (QED) is 0.879. The number of carbonyl (C=O) groups is 2. The lowest BCUT2D eigenvalue weighted by molar-refractivity contribution is -0.141. The second-order valence-corrected chi connectivity index (χ2v) is 4.98. The highest BCUT2D eigenvalue weighted by Crippen LogP contribution is 2.25. The van der Waals surface area contributed by atoms with Gasteiger partial charge < -0.3 is 10.4 Å². The van der Waals surface area contributed by atoms with Crippen molar-refractivity contribution in [3.63, 3.8) is 0 Å². The van der Waals surface area contributed by atoms with E-state index in [0.717, 1.165) is 0 Å². The predicted octanol–water partition coefficient (Wildman–Crippen LogP) is 2.12. The number of halogens is 1. The monoisotopic (exact) mass is 265 g/mol. The van der Waals surface area contributed by atoms with E-state index in [0.29, 0.717) is 30.4 Å².